The van der Waals surface area contributed by atoms with Gasteiger partial charge in [0.15, 0.2) is 0 Å². The average molecular weight is 345 g/mol. The Bertz CT molecular complexity index is 552. The first kappa shape index (κ1) is 18.1. The first-order chi connectivity index (χ1) is 11.7. The van der Waals surface area contributed by atoms with Gasteiger partial charge in [-0.05, 0) is 112 Å². The number of allylic oxidation sites excluding steroid dienone is 1. The smallest absolute Gasteiger partial charge is 0.0648 e. The van der Waals surface area contributed by atoms with Gasteiger partial charge in [-0.2, -0.15) is 0 Å². The normalized spacial score (nSPS) is 55.2. The molecule has 4 aliphatic rings. The van der Waals surface area contributed by atoms with E-state index in [9.17, 15) is 5.11 Å². The second-order valence-corrected chi connectivity index (χ2v) is 11.0. The molecule has 1 N–H and O–H groups in total. The predicted octanol–water partition coefficient (Wildman–Crippen LogP) is 6.36. The van der Waals surface area contributed by atoms with Crippen molar-refractivity contribution in [2.75, 3.05) is 0 Å². The molecule has 4 aliphatic carbocycles. The van der Waals surface area contributed by atoms with E-state index in [1.165, 1.54) is 50.5 Å². The fourth-order valence-electron chi connectivity index (χ4n) is 8.45. The van der Waals surface area contributed by atoms with Crippen LogP contribution < -0.4 is 0 Å². The number of aliphatic hydroxyl groups is 1. The number of fused-ring (bicyclic) bond motifs is 5. The molecule has 0 heterocycles. The van der Waals surface area contributed by atoms with Crippen molar-refractivity contribution in [3.63, 3.8) is 0 Å². The minimum atomic E-state index is -0.362. The van der Waals surface area contributed by atoms with Crippen LogP contribution in [0.1, 0.15) is 91.9 Å². The standard InChI is InChI=1S/C24H40O/c1-6-24(25)14-13-22(4)17(15-24)7-8-18-20-10-9-19(16(2)3)23(20,5)12-11-21(18)22/h17-21,25H,2,6-15H2,1,3-5H3/t17-,18-,19+,20-,21-,22-,23+,24-/m0/s1. The number of hydrogen-bond acceptors (Lipinski definition) is 1. The van der Waals surface area contributed by atoms with Crippen molar-refractivity contribution in [1.29, 1.82) is 0 Å². The Morgan fingerprint density at radius 2 is 1.68 bits per heavy atom. The highest BCUT2D eigenvalue weighted by Crippen LogP contribution is 2.68. The molecule has 8 atom stereocenters. The quantitative estimate of drug-likeness (QED) is 0.578. The first-order valence-electron chi connectivity index (χ1n) is 11.1. The van der Waals surface area contributed by atoms with Crippen LogP contribution >= 0.6 is 0 Å². The molecular formula is C24H40O. The zero-order valence-electron chi connectivity index (χ0n) is 17.1. The largest absolute Gasteiger partial charge is 0.390 e. The van der Waals surface area contributed by atoms with E-state index in [0.29, 0.717) is 10.8 Å². The molecule has 0 bridgehead atoms. The summed E-state index contributed by atoms with van der Waals surface area (Å²) in [4.78, 5) is 0. The topological polar surface area (TPSA) is 20.2 Å². The molecule has 4 fully saturated rings. The van der Waals surface area contributed by atoms with Crippen LogP contribution in [0, 0.1) is 40.4 Å². The van der Waals surface area contributed by atoms with E-state index in [1.54, 1.807) is 0 Å². The van der Waals surface area contributed by atoms with Crippen LogP contribution in [-0.2, 0) is 0 Å². The third-order valence-electron chi connectivity index (χ3n) is 10.1. The molecule has 0 aromatic carbocycles. The van der Waals surface area contributed by atoms with Crippen molar-refractivity contribution in [1.82, 2.24) is 0 Å². The van der Waals surface area contributed by atoms with Crippen molar-refractivity contribution in [3.05, 3.63) is 12.2 Å². The molecule has 0 unspecified atom stereocenters. The molecule has 0 saturated heterocycles. The molecule has 1 nitrogen and oxygen atoms in total. The Morgan fingerprint density at radius 3 is 2.36 bits per heavy atom. The van der Waals surface area contributed by atoms with Gasteiger partial charge in [0.1, 0.15) is 0 Å². The summed E-state index contributed by atoms with van der Waals surface area (Å²) in [6, 6.07) is 0. The summed E-state index contributed by atoms with van der Waals surface area (Å²) < 4.78 is 0. The van der Waals surface area contributed by atoms with Crippen LogP contribution in [0.25, 0.3) is 0 Å². The summed E-state index contributed by atoms with van der Waals surface area (Å²) in [6.45, 7) is 14.0. The molecule has 0 aromatic rings. The fraction of sp³-hybridized carbons (Fsp3) is 0.917. The molecule has 142 valence electrons. The van der Waals surface area contributed by atoms with Crippen LogP contribution in [0.3, 0.4) is 0 Å². The summed E-state index contributed by atoms with van der Waals surface area (Å²) in [5.41, 5.74) is 2.09. The van der Waals surface area contributed by atoms with E-state index in [-0.39, 0.29) is 5.60 Å². The van der Waals surface area contributed by atoms with Crippen LogP contribution in [0.5, 0.6) is 0 Å². The monoisotopic (exact) mass is 344 g/mol. The van der Waals surface area contributed by atoms with Gasteiger partial charge in [0.25, 0.3) is 0 Å². The Hall–Kier alpha value is -0.300. The summed E-state index contributed by atoms with van der Waals surface area (Å²) in [6.07, 6.45) is 12.8. The van der Waals surface area contributed by atoms with Crippen LogP contribution in [-0.4, -0.2) is 10.7 Å². The summed E-state index contributed by atoms with van der Waals surface area (Å²) in [5.74, 6) is 4.31. The van der Waals surface area contributed by atoms with Gasteiger partial charge in [-0.15, -0.1) is 0 Å². The van der Waals surface area contributed by atoms with E-state index in [1.807, 2.05) is 0 Å². The van der Waals surface area contributed by atoms with Crippen molar-refractivity contribution < 1.29 is 5.11 Å². The lowest BCUT2D eigenvalue weighted by Gasteiger charge is -2.62. The van der Waals surface area contributed by atoms with Gasteiger partial charge < -0.3 is 5.11 Å². The molecule has 0 aliphatic heterocycles. The zero-order chi connectivity index (χ0) is 18.0. The highest BCUT2D eigenvalue weighted by Gasteiger charge is 2.61. The van der Waals surface area contributed by atoms with Gasteiger partial charge >= 0.3 is 0 Å². The van der Waals surface area contributed by atoms with E-state index in [2.05, 4.69) is 34.3 Å². The highest BCUT2D eigenvalue weighted by molar-refractivity contribution is 5.15. The van der Waals surface area contributed by atoms with E-state index in [0.717, 1.165) is 48.9 Å². The van der Waals surface area contributed by atoms with Crippen molar-refractivity contribution in [2.45, 2.75) is 97.5 Å². The maximum Gasteiger partial charge on any atom is 0.0648 e. The average Bonchev–Trinajstić information content (AvgIpc) is 2.93. The molecule has 4 rings (SSSR count). The maximum atomic E-state index is 10.9. The summed E-state index contributed by atoms with van der Waals surface area (Å²) in [5, 5.41) is 10.9. The molecule has 25 heavy (non-hydrogen) atoms. The predicted molar refractivity (Wildman–Crippen MR) is 105 cm³/mol. The molecule has 0 amide bonds. The van der Waals surface area contributed by atoms with E-state index < -0.39 is 0 Å². The molecule has 4 saturated carbocycles. The third kappa shape index (κ3) is 2.51. The summed E-state index contributed by atoms with van der Waals surface area (Å²) >= 11 is 0. The minimum Gasteiger partial charge on any atom is -0.390 e. The first-order valence-corrected chi connectivity index (χ1v) is 11.1. The molecular weight excluding hydrogens is 304 g/mol. The summed E-state index contributed by atoms with van der Waals surface area (Å²) in [7, 11) is 0. The third-order valence-corrected chi connectivity index (χ3v) is 10.1. The van der Waals surface area contributed by atoms with E-state index >= 15 is 0 Å². The Balaban J connectivity index is 1.59. The second kappa shape index (κ2) is 5.85. The highest BCUT2D eigenvalue weighted by atomic mass is 16.3. The second-order valence-electron chi connectivity index (χ2n) is 11.0. The Morgan fingerprint density at radius 1 is 0.960 bits per heavy atom. The molecule has 1 heteroatoms. The van der Waals surface area contributed by atoms with Gasteiger partial charge in [0.05, 0.1) is 5.60 Å². The van der Waals surface area contributed by atoms with Gasteiger partial charge in [-0.25, -0.2) is 0 Å². The van der Waals surface area contributed by atoms with Gasteiger partial charge in [-0.3, -0.25) is 0 Å². The minimum absolute atomic E-state index is 0.362. The lowest BCUT2D eigenvalue weighted by molar-refractivity contribution is -0.150. The van der Waals surface area contributed by atoms with Crippen LogP contribution in [0.15, 0.2) is 12.2 Å². The maximum absolute atomic E-state index is 10.9. The fourth-order valence-corrected chi connectivity index (χ4v) is 8.45. The van der Waals surface area contributed by atoms with Gasteiger partial charge in [0, 0.05) is 0 Å². The molecule has 0 spiro atoms. The molecule has 0 radical (unpaired) electrons. The number of hydrogen-bond donors (Lipinski definition) is 1. The molecule has 0 aromatic heterocycles. The van der Waals surface area contributed by atoms with E-state index in [4.69, 9.17) is 0 Å². The van der Waals surface area contributed by atoms with Crippen LogP contribution in [0.4, 0.5) is 0 Å². The SMILES string of the molecule is C=C(C)[C@H]1CC[C@H]2[C@@H]3CC[C@H]4C[C@](O)(CC)CC[C@]4(C)[C@H]3CC[C@]12C. The zero-order valence-corrected chi connectivity index (χ0v) is 17.1. The Kier molecular flexibility index (Phi) is 4.23. The number of rotatable bonds is 2. The van der Waals surface area contributed by atoms with Crippen molar-refractivity contribution >= 4 is 0 Å². The lowest BCUT2D eigenvalue weighted by Crippen LogP contribution is -2.55. The van der Waals surface area contributed by atoms with Crippen LogP contribution in [0.2, 0.25) is 0 Å². The lowest BCUT2D eigenvalue weighted by atomic mass is 9.43. The Labute approximate surface area is 155 Å². The van der Waals surface area contributed by atoms with Gasteiger partial charge in [-0.1, -0.05) is 32.9 Å². The van der Waals surface area contributed by atoms with Gasteiger partial charge in [0.2, 0.25) is 0 Å². The van der Waals surface area contributed by atoms with Crippen molar-refractivity contribution in [3.8, 4) is 0 Å². The van der Waals surface area contributed by atoms with Crippen molar-refractivity contribution in [2.24, 2.45) is 40.4 Å².